The lowest BCUT2D eigenvalue weighted by molar-refractivity contribution is 0.0165. The number of halogens is 1. The molecule has 2 atom stereocenters. The second kappa shape index (κ2) is 7.09. The Morgan fingerprint density at radius 3 is 2.46 bits per heavy atom. The van der Waals surface area contributed by atoms with E-state index < -0.39 is 27.7 Å². The molecule has 0 N–H and O–H groups in total. The maximum Gasteiger partial charge on any atom is 0.410 e. The quantitative estimate of drug-likeness (QED) is 0.779. The van der Waals surface area contributed by atoms with Gasteiger partial charge in [0.25, 0.3) is 0 Å². The summed E-state index contributed by atoms with van der Waals surface area (Å²) in [5.74, 6) is -1.12. The maximum absolute atomic E-state index is 13.2. The summed E-state index contributed by atoms with van der Waals surface area (Å²) in [5.41, 5.74) is 0.303. The van der Waals surface area contributed by atoms with E-state index in [0.717, 1.165) is 5.56 Å². The normalized spacial score (nSPS) is 22.2. The standard InChI is InChI=1S/C17H24FNO4S/c1-17(2,3)23-16(20)19-10-9-14(12-24(18,21)22)15(11-19)13-7-5-4-6-8-13/h4-8,14-15H,9-12H2,1-3H3. The van der Waals surface area contributed by atoms with Crippen molar-refractivity contribution < 1.29 is 21.8 Å². The van der Waals surface area contributed by atoms with E-state index in [1.165, 1.54) is 0 Å². The molecule has 1 saturated heterocycles. The molecule has 0 saturated carbocycles. The summed E-state index contributed by atoms with van der Waals surface area (Å²) in [6.45, 7) is 6.06. The predicted octanol–water partition coefficient (Wildman–Crippen LogP) is 3.33. The Balaban J connectivity index is 2.19. The van der Waals surface area contributed by atoms with Crippen molar-refractivity contribution in [3.63, 3.8) is 0 Å². The van der Waals surface area contributed by atoms with Gasteiger partial charge in [-0.05, 0) is 38.7 Å². The van der Waals surface area contributed by atoms with Crippen molar-refractivity contribution in [3.05, 3.63) is 35.9 Å². The number of piperidine rings is 1. The van der Waals surface area contributed by atoms with Crippen molar-refractivity contribution in [2.24, 2.45) is 5.92 Å². The molecule has 1 aromatic carbocycles. The van der Waals surface area contributed by atoms with Crippen molar-refractivity contribution in [1.29, 1.82) is 0 Å². The Morgan fingerprint density at radius 1 is 1.29 bits per heavy atom. The first-order chi connectivity index (χ1) is 11.1. The van der Waals surface area contributed by atoms with Crippen LogP contribution in [0.3, 0.4) is 0 Å². The molecule has 2 unspecified atom stereocenters. The van der Waals surface area contributed by atoms with Crippen LogP contribution >= 0.6 is 0 Å². The molecule has 1 heterocycles. The Labute approximate surface area is 143 Å². The van der Waals surface area contributed by atoms with Crippen LogP contribution < -0.4 is 0 Å². The summed E-state index contributed by atoms with van der Waals surface area (Å²) in [7, 11) is -4.57. The second-order valence-corrected chi connectivity index (χ2v) is 8.61. The van der Waals surface area contributed by atoms with E-state index in [9.17, 15) is 17.1 Å². The highest BCUT2D eigenvalue weighted by Gasteiger charge is 2.36. The van der Waals surface area contributed by atoms with Crippen molar-refractivity contribution in [2.75, 3.05) is 18.8 Å². The highest BCUT2D eigenvalue weighted by Crippen LogP contribution is 2.34. The summed E-state index contributed by atoms with van der Waals surface area (Å²) in [4.78, 5) is 13.9. The molecule has 1 fully saturated rings. The highest BCUT2D eigenvalue weighted by molar-refractivity contribution is 7.86. The molecule has 0 aliphatic carbocycles. The molecule has 134 valence electrons. The average molecular weight is 357 g/mol. The first-order valence-electron chi connectivity index (χ1n) is 8.00. The van der Waals surface area contributed by atoms with Gasteiger partial charge in [0, 0.05) is 19.0 Å². The molecule has 0 spiro atoms. The topological polar surface area (TPSA) is 63.7 Å². The van der Waals surface area contributed by atoms with Crippen LogP contribution in [0.25, 0.3) is 0 Å². The third-order valence-corrected chi connectivity index (χ3v) is 4.87. The van der Waals surface area contributed by atoms with E-state index in [-0.39, 0.29) is 11.8 Å². The number of rotatable bonds is 3. The minimum Gasteiger partial charge on any atom is -0.444 e. The average Bonchev–Trinajstić information content (AvgIpc) is 2.45. The van der Waals surface area contributed by atoms with Crippen LogP contribution in [-0.2, 0) is 15.0 Å². The molecule has 1 aromatic rings. The molecule has 7 heteroatoms. The number of ether oxygens (including phenoxy) is 1. The summed E-state index contributed by atoms with van der Waals surface area (Å²) in [5, 5.41) is 0. The molecular formula is C17H24FNO4S. The molecule has 0 bridgehead atoms. The molecule has 0 radical (unpaired) electrons. The number of carbonyl (C=O) groups is 1. The number of hydrogen-bond donors (Lipinski definition) is 0. The fourth-order valence-corrected chi connectivity index (χ4v) is 3.94. The monoisotopic (exact) mass is 357 g/mol. The third-order valence-electron chi connectivity index (χ3n) is 4.05. The molecule has 5 nitrogen and oxygen atoms in total. The lowest BCUT2D eigenvalue weighted by Crippen LogP contribution is -2.46. The van der Waals surface area contributed by atoms with Gasteiger partial charge in [0.2, 0.25) is 0 Å². The van der Waals surface area contributed by atoms with Gasteiger partial charge in [0.15, 0.2) is 0 Å². The zero-order valence-electron chi connectivity index (χ0n) is 14.2. The first kappa shape index (κ1) is 18.7. The zero-order valence-corrected chi connectivity index (χ0v) is 15.1. The molecule has 0 aromatic heterocycles. The van der Waals surface area contributed by atoms with Gasteiger partial charge in [-0.2, -0.15) is 8.42 Å². The molecule has 24 heavy (non-hydrogen) atoms. The summed E-state index contributed by atoms with van der Waals surface area (Å²) in [6.07, 6.45) is -0.00733. The van der Waals surface area contributed by atoms with Crippen molar-refractivity contribution in [3.8, 4) is 0 Å². The first-order valence-corrected chi connectivity index (χ1v) is 9.55. The van der Waals surface area contributed by atoms with E-state index >= 15 is 0 Å². The van der Waals surface area contributed by atoms with Gasteiger partial charge < -0.3 is 9.64 Å². The van der Waals surface area contributed by atoms with Crippen molar-refractivity contribution in [2.45, 2.75) is 38.7 Å². The van der Waals surface area contributed by atoms with E-state index in [1.807, 2.05) is 30.3 Å². The van der Waals surface area contributed by atoms with Crippen LogP contribution in [0, 0.1) is 5.92 Å². The van der Waals surface area contributed by atoms with Crippen LogP contribution in [-0.4, -0.2) is 43.9 Å². The smallest absolute Gasteiger partial charge is 0.410 e. The van der Waals surface area contributed by atoms with Crippen molar-refractivity contribution >= 4 is 16.3 Å². The number of likely N-dealkylation sites (tertiary alicyclic amines) is 1. The van der Waals surface area contributed by atoms with E-state index in [0.29, 0.717) is 19.5 Å². The number of benzene rings is 1. The third kappa shape index (κ3) is 5.47. The van der Waals surface area contributed by atoms with Crippen LogP contribution in [0.4, 0.5) is 8.68 Å². The second-order valence-electron chi connectivity index (χ2n) is 7.20. The fourth-order valence-electron chi connectivity index (χ4n) is 3.03. The molecular weight excluding hydrogens is 333 g/mol. The minimum absolute atomic E-state index is 0.238. The lowest BCUT2D eigenvalue weighted by atomic mass is 9.82. The SMILES string of the molecule is CC(C)(C)OC(=O)N1CCC(CS(=O)(=O)F)C(c2ccccc2)C1. The molecule has 1 amide bonds. The Kier molecular flexibility index (Phi) is 5.52. The van der Waals surface area contributed by atoms with Gasteiger partial charge in [0.05, 0.1) is 5.75 Å². The van der Waals surface area contributed by atoms with Gasteiger partial charge in [-0.15, -0.1) is 3.89 Å². The molecule has 1 aliphatic rings. The van der Waals surface area contributed by atoms with Gasteiger partial charge in [-0.1, -0.05) is 30.3 Å². The van der Waals surface area contributed by atoms with E-state index in [2.05, 4.69) is 0 Å². The number of hydrogen-bond acceptors (Lipinski definition) is 4. The lowest BCUT2D eigenvalue weighted by Gasteiger charge is -2.38. The highest BCUT2D eigenvalue weighted by atomic mass is 32.3. The fraction of sp³-hybridized carbons (Fsp3) is 0.588. The van der Waals surface area contributed by atoms with Gasteiger partial charge in [-0.3, -0.25) is 0 Å². The maximum atomic E-state index is 13.2. The Bertz CT molecular complexity index is 670. The minimum atomic E-state index is -4.57. The van der Waals surface area contributed by atoms with Crippen LogP contribution in [0.2, 0.25) is 0 Å². The summed E-state index contributed by atoms with van der Waals surface area (Å²) >= 11 is 0. The van der Waals surface area contributed by atoms with Crippen LogP contribution in [0.15, 0.2) is 30.3 Å². The zero-order chi connectivity index (χ0) is 18.0. The summed E-state index contributed by atoms with van der Waals surface area (Å²) < 4.78 is 40.8. The van der Waals surface area contributed by atoms with Crippen molar-refractivity contribution in [1.82, 2.24) is 4.90 Å². The largest absolute Gasteiger partial charge is 0.444 e. The Morgan fingerprint density at radius 2 is 1.92 bits per heavy atom. The molecule has 1 aliphatic heterocycles. The van der Waals surface area contributed by atoms with Crippen LogP contribution in [0.5, 0.6) is 0 Å². The summed E-state index contributed by atoms with van der Waals surface area (Å²) in [6, 6.07) is 9.31. The number of carbonyl (C=O) groups excluding carboxylic acids is 1. The van der Waals surface area contributed by atoms with E-state index in [1.54, 1.807) is 25.7 Å². The van der Waals surface area contributed by atoms with Gasteiger partial charge in [-0.25, -0.2) is 4.79 Å². The van der Waals surface area contributed by atoms with Crippen LogP contribution in [0.1, 0.15) is 38.7 Å². The molecule has 2 rings (SSSR count). The Hall–Kier alpha value is -1.63. The number of nitrogens with zero attached hydrogens (tertiary/aromatic N) is 1. The number of amides is 1. The van der Waals surface area contributed by atoms with E-state index in [4.69, 9.17) is 4.74 Å². The van der Waals surface area contributed by atoms with Gasteiger partial charge >= 0.3 is 16.3 Å². The predicted molar refractivity (Wildman–Crippen MR) is 90.0 cm³/mol. The van der Waals surface area contributed by atoms with Gasteiger partial charge in [0.1, 0.15) is 5.60 Å².